The lowest BCUT2D eigenvalue weighted by atomic mass is 10.0. The standard InChI is InChI=1S/C24H22N4O3/c1-3-16(14-29)31-23-18-9-4-6-10-20(18)26-22(27-23)13-28-21-11-7-5-8-17(21)15(2)19(12-25)24(28)30/h4-11,16,29H,3,13-14H2,1-2H3. The van der Waals surface area contributed by atoms with Gasteiger partial charge in [0.05, 0.1) is 29.6 Å². The molecule has 0 fully saturated rings. The summed E-state index contributed by atoms with van der Waals surface area (Å²) in [5, 5.41) is 20.7. The predicted molar refractivity (Wildman–Crippen MR) is 118 cm³/mol. The first kappa shape index (κ1) is 20.5. The highest BCUT2D eigenvalue weighted by atomic mass is 16.5. The fraction of sp³-hybridized carbons (Fsp3) is 0.250. The van der Waals surface area contributed by atoms with Crippen molar-refractivity contribution in [1.29, 1.82) is 5.26 Å². The van der Waals surface area contributed by atoms with Crippen molar-refractivity contribution in [3.8, 4) is 11.9 Å². The van der Waals surface area contributed by atoms with Gasteiger partial charge in [-0.3, -0.25) is 9.36 Å². The van der Waals surface area contributed by atoms with E-state index in [1.807, 2.05) is 61.5 Å². The first-order chi connectivity index (χ1) is 15.1. The van der Waals surface area contributed by atoms with E-state index in [4.69, 9.17) is 4.74 Å². The SMILES string of the molecule is CCC(CO)Oc1nc(Cn2c(=O)c(C#N)c(C)c3ccccc32)nc2ccccc12. The maximum absolute atomic E-state index is 13.1. The topological polar surface area (TPSA) is 101 Å². The number of benzene rings is 2. The van der Waals surface area contributed by atoms with Gasteiger partial charge in [-0.2, -0.15) is 10.2 Å². The average molecular weight is 414 g/mol. The molecule has 2 aromatic heterocycles. The molecule has 0 spiro atoms. The van der Waals surface area contributed by atoms with Gasteiger partial charge in [-0.15, -0.1) is 0 Å². The molecule has 4 aromatic rings. The molecule has 156 valence electrons. The molecule has 0 saturated carbocycles. The summed E-state index contributed by atoms with van der Waals surface area (Å²) in [6, 6.07) is 17.0. The van der Waals surface area contributed by atoms with Gasteiger partial charge in [0.15, 0.2) is 5.82 Å². The minimum absolute atomic E-state index is 0.0887. The van der Waals surface area contributed by atoms with E-state index in [0.717, 1.165) is 10.8 Å². The van der Waals surface area contributed by atoms with Crippen molar-refractivity contribution in [2.75, 3.05) is 6.61 Å². The summed E-state index contributed by atoms with van der Waals surface area (Å²) >= 11 is 0. The monoisotopic (exact) mass is 414 g/mol. The molecule has 1 atom stereocenters. The maximum atomic E-state index is 13.1. The number of aliphatic hydroxyl groups excluding tert-OH is 1. The number of hydrogen-bond acceptors (Lipinski definition) is 6. The van der Waals surface area contributed by atoms with Gasteiger partial charge in [0.1, 0.15) is 17.7 Å². The molecule has 7 nitrogen and oxygen atoms in total. The Labute approximate surface area is 179 Å². The lowest BCUT2D eigenvalue weighted by Crippen LogP contribution is -2.26. The third kappa shape index (κ3) is 3.74. The van der Waals surface area contributed by atoms with Gasteiger partial charge in [-0.05, 0) is 37.1 Å². The molecular weight excluding hydrogens is 392 g/mol. The first-order valence-corrected chi connectivity index (χ1v) is 10.1. The van der Waals surface area contributed by atoms with Crippen molar-refractivity contribution < 1.29 is 9.84 Å². The van der Waals surface area contributed by atoms with Crippen LogP contribution < -0.4 is 10.3 Å². The van der Waals surface area contributed by atoms with Gasteiger partial charge < -0.3 is 9.84 Å². The maximum Gasteiger partial charge on any atom is 0.269 e. The van der Waals surface area contributed by atoms with Crippen molar-refractivity contribution in [2.24, 2.45) is 0 Å². The van der Waals surface area contributed by atoms with Gasteiger partial charge in [0.2, 0.25) is 5.88 Å². The Morgan fingerprint density at radius 1 is 1.13 bits per heavy atom. The Morgan fingerprint density at radius 3 is 2.55 bits per heavy atom. The quantitative estimate of drug-likeness (QED) is 0.519. The molecule has 4 rings (SSSR count). The zero-order chi connectivity index (χ0) is 22.0. The molecule has 0 amide bonds. The summed E-state index contributed by atoms with van der Waals surface area (Å²) in [4.78, 5) is 22.3. The van der Waals surface area contributed by atoms with Crippen LogP contribution in [0.25, 0.3) is 21.8 Å². The van der Waals surface area contributed by atoms with Crippen LogP contribution in [-0.2, 0) is 6.54 Å². The molecule has 2 aromatic carbocycles. The molecule has 0 bridgehead atoms. The zero-order valence-electron chi connectivity index (χ0n) is 17.4. The molecule has 0 aliphatic rings. The van der Waals surface area contributed by atoms with E-state index in [1.54, 1.807) is 6.92 Å². The third-order valence-corrected chi connectivity index (χ3v) is 5.40. The van der Waals surface area contributed by atoms with E-state index in [9.17, 15) is 15.2 Å². The van der Waals surface area contributed by atoms with E-state index in [-0.39, 0.29) is 30.4 Å². The van der Waals surface area contributed by atoms with Crippen LogP contribution in [0.4, 0.5) is 0 Å². The largest absolute Gasteiger partial charge is 0.471 e. The molecule has 0 aliphatic heterocycles. The Kier molecular flexibility index (Phi) is 5.65. The number of aromatic nitrogens is 3. The fourth-order valence-corrected chi connectivity index (χ4v) is 3.66. The normalized spacial score (nSPS) is 12.1. The van der Waals surface area contributed by atoms with E-state index in [2.05, 4.69) is 9.97 Å². The van der Waals surface area contributed by atoms with Crippen LogP contribution >= 0.6 is 0 Å². The minimum Gasteiger partial charge on any atom is -0.471 e. The highest BCUT2D eigenvalue weighted by molar-refractivity contribution is 5.85. The number of pyridine rings is 1. The number of aliphatic hydroxyl groups is 1. The van der Waals surface area contributed by atoms with Gasteiger partial charge in [0, 0.05) is 5.39 Å². The zero-order valence-corrected chi connectivity index (χ0v) is 17.4. The van der Waals surface area contributed by atoms with Crippen LogP contribution in [0.15, 0.2) is 53.3 Å². The molecule has 7 heteroatoms. The van der Waals surface area contributed by atoms with Crippen LogP contribution in [0.2, 0.25) is 0 Å². The molecule has 0 radical (unpaired) electrons. The highest BCUT2D eigenvalue weighted by Crippen LogP contribution is 2.25. The van der Waals surface area contributed by atoms with E-state index >= 15 is 0 Å². The van der Waals surface area contributed by atoms with Crippen molar-refractivity contribution >= 4 is 21.8 Å². The number of hydrogen-bond donors (Lipinski definition) is 1. The molecule has 2 heterocycles. The van der Waals surface area contributed by atoms with Gasteiger partial charge in [0.25, 0.3) is 5.56 Å². The van der Waals surface area contributed by atoms with Crippen LogP contribution in [0.5, 0.6) is 5.88 Å². The minimum atomic E-state index is -0.390. The third-order valence-electron chi connectivity index (χ3n) is 5.40. The molecule has 1 N–H and O–H groups in total. The number of aryl methyl sites for hydroxylation is 1. The fourth-order valence-electron chi connectivity index (χ4n) is 3.66. The van der Waals surface area contributed by atoms with Crippen LogP contribution in [0.3, 0.4) is 0 Å². The highest BCUT2D eigenvalue weighted by Gasteiger charge is 2.17. The van der Waals surface area contributed by atoms with Crippen LogP contribution in [0, 0.1) is 18.3 Å². The van der Waals surface area contributed by atoms with Crippen molar-refractivity contribution in [1.82, 2.24) is 14.5 Å². The summed E-state index contributed by atoms with van der Waals surface area (Å²) in [6.07, 6.45) is 0.233. The summed E-state index contributed by atoms with van der Waals surface area (Å²) in [6.45, 7) is 3.67. The molecular formula is C24H22N4O3. The number of fused-ring (bicyclic) bond motifs is 2. The molecule has 0 saturated heterocycles. The van der Waals surface area contributed by atoms with Gasteiger partial charge in [-0.1, -0.05) is 37.3 Å². The number of ether oxygens (including phenoxy) is 1. The first-order valence-electron chi connectivity index (χ1n) is 10.1. The van der Waals surface area contributed by atoms with E-state index < -0.39 is 0 Å². The Morgan fingerprint density at radius 2 is 1.84 bits per heavy atom. The summed E-state index contributed by atoms with van der Waals surface area (Å²) in [7, 11) is 0. The number of rotatable bonds is 6. The van der Waals surface area contributed by atoms with Crippen molar-refractivity contribution in [3.63, 3.8) is 0 Å². The molecule has 1 unspecified atom stereocenters. The lowest BCUT2D eigenvalue weighted by Gasteiger charge is -2.17. The van der Waals surface area contributed by atoms with Crippen LogP contribution in [-0.4, -0.2) is 32.4 Å². The molecule has 0 aliphatic carbocycles. The Hall–Kier alpha value is -3.76. The van der Waals surface area contributed by atoms with Gasteiger partial charge in [-0.25, -0.2) is 4.98 Å². The average Bonchev–Trinajstić information content (AvgIpc) is 2.80. The summed E-state index contributed by atoms with van der Waals surface area (Å²) in [5.74, 6) is 0.757. The van der Waals surface area contributed by atoms with Gasteiger partial charge >= 0.3 is 0 Å². The second-order valence-corrected chi connectivity index (χ2v) is 7.31. The van der Waals surface area contributed by atoms with E-state index in [1.165, 1.54) is 4.57 Å². The smallest absolute Gasteiger partial charge is 0.269 e. The van der Waals surface area contributed by atoms with Crippen molar-refractivity contribution in [3.05, 3.63) is 75.8 Å². The lowest BCUT2D eigenvalue weighted by molar-refractivity contribution is 0.109. The van der Waals surface area contributed by atoms with Crippen molar-refractivity contribution in [2.45, 2.75) is 32.9 Å². The predicted octanol–water partition coefficient (Wildman–Crippen LogP) is 3.32. The Bertz CT molecular complexity index is 1370. The second kappa shape index (κ2) is 8.54. The number of nitriles is 1. The van der Waals surface area contributed by atoms with E-state index in [0.29, 0.717) is 34.7 Å². The number of nitrogens with zero attached hydrogens (tertiary/aromatic N) is 4. The summed E-state index contributed by atoms with van der Waals surface area (Å²) < 4.78 is 7.47. The van der Waals surface area contributed by atoms with Crippen LogP contribution in [0.1, 0.15) is 30.3 Å². The second-order valence-electron chi connectivity index (χ2n) is 7.31. The molecule has 31 heavy (non-hydrogen) atoms. The number of para-hydroxylation sites is 2. The Balaban J connectivity index is 1.89. The summed E-state index contributed by atoms with van der Waals surface area (Å²) in [5.41, 5.74) is 1.80.